The van der Waals surface area contributed by atoms with Crippen LogP contribution in [0.25, 0.3) is 0 Å². The third kappa shape index (κ3) is 4.68. The van der Waals surface area contributed by atoms with E-state index in [2.05, 4.69) is 20.5 Å². The van der Waals surface area contributed by atoms with Crippen molar-refractivity contribution in [3.8, 4) is 0 Å². The fraction of sp³-hybridized carbons (Fsp3) is 0.875. The van der Waals surface area contributed by atoms with E-state index in [1.54, 1.807) is 7.05 Å². The summed E-state index contributed by atoms with van der Waals surface area (Å²) in [5.41, 5.74) is 0.0567. The highest BCUT2D eigenvalue weighted by Crippen LogP contribution is 2.35. The van der Waals surface area contributed by atoms with Crippen LogP contribution >= 0.6 is 0 Å². The fourth-order valence-electron chi connectivity index (χ4n) is 3.32. The summed E-state index contributed by atoms with van der Waals surface area (Å²) in [5, 5.41) is 6.30. The Morgan fingerprint density at radius 1 is 1.48 bits per heavy atom. The van der Waals surface area contributed by atoms with Crippen LogP contribution in [-0.2, 0) is 15.6 Å². The summed E-state index contributed by atoms with van der Waals surface area (Å²) in [6, 6.07) is 0. The van der Waals surface area contributed by atoms with Crippen molar-refractivity contribution in [1.82, 2.24) is 15.5 Å². The zero-order valence-corrected chi connectivity index (χ0v) is 15.6. The highest BCUT2D eigenvalue weighted by atomic mass is 32.2. The van der Waals surface area contributed by atoms with Crippen LogP contribution in [0.2, 0.25) is 0 Å². The van der Waals surface area contributed by atoms with Gasteiger partial charge in [-0.15, -0.1) is 0 Å². The number of piperidine rings is 1. The van der Waals surface area contributed by atoms with Gasteiger partial charge in [0.15, 0.2) is 5.96 Å². The van der Waals surface area contributed by atoms with Gasteiger partial charge in [-0.05, 0) is 33.6 Å². The van der Waals surface area contributed by atoms with Crippen molar-refractivity contribution in [3.63, 3.8) is 0 Å². The second kappa shape index (κ2) is 7.20. The van der Waals surface area contributed by atoms with Gasteiger partial charge in [0, 0.05) is 66.4 Å². The molecule has 132 valence electrons. The Balaban J connectivity index is 1.88. The number of rotatable bonds is 3. The van der Waals surface area contributed by atoms with Crippen LogP contribution < -0.4 is 10.6 Å². The number of guanidine groups is 1. The highest BCUT2D eigenvalue weighted by molar-refractivity contribution is 7.86. The molecule has 0 aromatic carbocycles. The summed E-state index contributed by atoms with van der Waals surface area (Å²) in [6.45, 7) is 9.22. The van der Waals surface area contributed by atoms with E-state index in [9.17, 15) is 9.00 Å². The van der Waals surface area contributed by atoms with Crippen molar-refractivity contribution in [2.24, 2.45) is 10.4 Å². The maximum absolute atomic E-state index is 12.1. The zero-order chi connectivity index (χ0) is 17.1. The third-order valence-electron chi connectivity index (χ3n) is 4.62. The standard InChI is InChI=1S/C16H30N4O2S/c1-15(2,3)23(22)9-7-18-14(17-4)20-8-5-6-16(12-20)10-13(21)19-11-16/h5-12H2,1-4H3,(H,17,18)(H,19,21). The van der Waals surface area contributed by atoms with Crippen molar-refractivity contribution in [2.75, 3.05) is 39.0 Å². The summed E-state index contributed by atoms with van der Waals surface area (Å²) in [4.78, 5) is 18.2. The van der Waals surface area contributed by atoms with Crippen molar-refractivity contribution in [1.29, 1.82) is 0 Å². The second-order valence-corrected chi connectivity index (χ2v) is 9.94. The van der Waals surface area contributed by atoms with E-state index in [4.69, 9.17) is 0 Å². The largest absolute Gasteiger partial charge is 0.355 e. The molecule has 7 heteroatoms. The molecule has 23 heavy (non-hydrogen) atoms. The Kier molecular flexibility index (Phi) is 5.70. The molecule has 2 N–H and O–H groups in total. The lowest BCUT2D eigenvalue weighted by atomic mass is 9.79. The number of likely N-dealkylation sites (tertiary alicyclic amines) is 1. The summed E-state index contributed by atoms with van der Waals surface area (Å²) in [7, 11) is 0.916. The molecule has 0 aromatic heterocycles. The van der Waals surface area contributed by atoms with Crippen molar-refractivity contribution < 1.29 is 9.00 Å². The number of nitrogens with zero attached hydrogens (tertiary/aromatic N) is 2. The average molecular weight is 343 g/mol. The summed E-state index contributed by atoms with van der Waals surface area (Å²) in [6.07, 6.45) is 2.78. The Morgan fingerprint density at radius 2 is 2.22 bits per heavy atom. The van der Waals surface area contributed by atoms with E-state index in [0.717, 1.165) is 38.4 Å². The fourth-order valence-corrected chi connectivity index (χ4v) is 4.22. The topological polar surface area (TPSA) is 73.8 Å². The Labute approximate surface area is 141 Å². The van der Waals surface area contributed by atoms with Gasteiger partial charge < -0.3 is 15.5 Å². The third-order valence-corrected chi connectivity index (χ3v) is 6.56. The first kappa shape index (κ1) is 18.2. The maximum atomic E-state index is 12.1. The molecule has 2 heterocycles. The van der Waals surface area contributed by atoms with Gasteiger partial charge in [0.2, 0.25) is 5.91 Å². The number of aliphatic imine (C=N–C) groups is 1. The molecule has 0 bridgehead atoms. The van der Waals surface area contributed by atoms with Gasteiger partial charge >= 0.3 is 0 Å². The van der Waals surface area contributed by atoms with E-state index in [1.165, 1.54) is 0 Å². The first-order valence-electron chi connectivity index (χ1n) is 8.37. The molecule has 2 aliphatic heterocycles. The van der Waals surface area contributed by atoms with Gasteiger partial charge in [-0.2, -0.15) is 0 Å². The van der Waals surface area contributed by atoms with E-state index in [1.807, 2.05) is 20.8 Å². The van der Waals surface area contributed by atoms with Crippen LogP contribution in [-0.4, -0.2) is 64.7 Å². The molecule has 0 radical (unpaired) electrons. The summed E-state index contributed by atoms with van der Waals surface area (Å²) in [5.74, 6) is 1.63. The van der Waals surface area contributed by atoms with Crippen LogP contribution in [0.15, 0.2) is 4.99 Å². The van der Waals surface area contributed by atoms with Crippen LogP contribution in [0.4, 0.5) is 0 Å². The van der Waals surface area contributed by atoms with Crippen molar-refractivity contribution in [2.45, 2.75) is 44.8 Å². The summed E-state index contributed by atoms with van der Waals surface area (Å²) >= 11 is 0. The number of carbonyl (C=O) groups is 1. The molecule has 0 aromatic rings. The van der Waals surface area contributed by atoms with Gasteiger partial charge in [-0.1, -0.05) is 0 Å². The normalized spacial score (nSPS) is 27.2. The molecule has 2 fully saturated rings. The minimum absolute atomic E-state index is 0.0567. The number of nitrogens with one attached hydrogen (secondary N) is 2. The predicted molar refractivity (Wildman–Crippen MR) is 95.0 cm³/mol. The molecule has 6 nitrogen and oxygen atoms in total. The van der Waals surface area contributed by atoms with Gasteiger partial charge in [0.25, 0.3) is 0 Å². The smallest absolute Gasteiger partial charge is 0.220 e. The first-order valence-corrected chi connectivity index (χ1v) is 9.68. The van der Waals surface area contributed by atoms with Crippen molar-refractivity contribution in [3.05, 3.63) is 0 Å². The highest BCUT2D eigenvalue weighted by Gasteiger charge is 2.42. The number of amides is 1. The lowest BCUT2D eigenvalue weighted by Gasteiger charge is -2.40. The van der Waals surface area contributed by atoms with Crippen LogP contribution in [0.5, 0.6) is 0 Å². The Morgan fingerprint density at radius 3 is 2.78 bits per heavy atom. The Hall–Kier alpha value is -1.11. The molecule has 1 amide bonds. The maximum Gasteiger partial charge on any atom is 0.220 e. The van der Waals surface area contributed by atoms with Gasteiger partial charge in [0.1, 0.15) is 0 Å². The molecular formula is C16H30N4O2S. The molecule has 1 spiro atoms. The lowest BCUT2D eigenvalue weighted by Crippen LogP contribution is -2.52. The predicted octanol–water partition coefficient (Wildman–Crippen LogP) is 0.711. The Bertz CT molecular complexity index is 501. The average Bonchev–Trinajstić information content (AvgIpc) is 2.82. The van der Waals surface area contributed by atoms with Gasteiger partial charge in [-0.25, -0.2) is 0 Å². The minimum Gasteiger partial charge on any atom is -0.355 e. The van der Waals surface area contributed by atoms with Gasteiger partial charge in [0.05, 0.1) is 0 Å². The van der Waals surface area contributed by atoms with E-state index < -0.39 is 10.8 Å². The molecule has 2 unspecified atom stereocenters. The number of hydrogen-bond donors (Lipinski definition) is 2. The molecular weight excluding hydrogens is 312 g/mol. The van der Waals surface area contributed by atoms with Crippen LogP contribution in [0.3, 0.4) is 0 Å². The molecule has 2 aliphatic rings. The quantitative estimate of drug-likeness (QED) is 0.585. The van der Waals surface area contributed by atoms with Crippen molar-refractivity contribution >= 4 is 22.7 Å². The monoisotopic (exact) mass is 342 g/mol. The van der Waals surface area contributed by atoms with Gasteiger partial charge in [-0.3, -0.25) is 14.0 Å². The minimum atomic E-state index is -0.865. The molecule has 2 saturated heterocycles. The molecule has 0 aliphatic carbocycles. The lowest BCUT2D eigenvalue weighted by molar-refractivity contribution is -0.119. The van der Waals surface area contributed by atoms with Crippen LogP contribution in [0, 0.1) is 5.41 Å². The second-order valence-electron chi connectivity index (χ2n) is 7.61. The first-order chi connectivity index (χ1) is 10.8. The van der Waals surface area contributed by atoms with E-state index >= 15 is 0 Å². The number of carbonyl (C=O) groups excluding carboxylic acids is 1. The molecule has 2 atom stereocenters. The van der Waals surface area contributed by atoms with E-state index in [0.29, 0.717) is 18.7 Å². The molecule has 2 rings (SSSR count). The molecule has 0 saturated carbocycles. The summed E-state index contributed by atoms with van der Waals surface area (Å²) < 4.78 is 11.9. The van der Waals surface area contributed by atoms with E-state index in [-0.39, 0.29) is 16.1 Å². The number of hydrogen-bond acceptors (Lipinski definition) is 3. The van der Waals surface area contributed by atoms with Crippen LogP contribution in [0.1, 0.15) is 40.0 Å². The SMILES string of the molecule is CN=C(NCCS(=O)C(C)(C)C)N1CCCC2(CNC(=O)C2)C1. The zero-order valence-electron chi connectivity index (χ0n) is 14.8.